The molecule has 0 unspecified atom stereocenters. The van der Waals surface area contributed by atoms with Crippen LogP contribution in [0.2, 0.25) is 0 Å². The van der Waals surface area contributed by atoms with Crippen molar-refractivity contribution in [3.63, 3.8) is 0 Å². The molecule has 3 rings (SSSR count). The summed E-state index contributed by atoms with van der Waals surface area (Å²) in [6, 6.07) is 5.73. The molecule has 1 atom stereocenters. The zero-order chi connectivity index (χ0) is 18.7. The number of hydrogen-bond acceptors (Lipinski definition) is 3. The van der Waals surface area contributed by atoms with E-state index in [0.29, 0.717) is 31.5 Å². The molecule has 5 nitrogen and oxygen atoms in total. The van der Waals surface area contributed by atoms with Crippen molar-refractivity contribution >= 4 is 11.8 Å². The van der Waals surface area contributed by atoms with E-state index in [9.17, 15) is 14.0 Å². The molecule has 0 spiro atoms. The fraction of sp³-hybridized carbons (Fsp3) is 0.600. The molecule has 6 heteroatoms. The van der Waals surface area contributed by atoms with Gasteiger partial charge in [0.05, 0.1) is 0 Å². The Hall–Kier alpha value is -1.95. The number of rotatable bonds is 4. The Labute approximate surface area is 154 Å². The molecule has 0 saturated carbocycles. The molecule has 1 aromatic carbocycles. The number of likely N-dealkylation sites (N-methyl/N-ethyl adjacent to an activating group) is 1. The van der Waals surface area contributed by atoms with Crippen molar-refractivity contribution in [2.75, 3.05) is 40.3 Å². The minimum absolute atomic E-state index is 0.0207. The van der Waals surface area contributed by atoms with Crippen LogP contribution in [0.25, 0.3) is 0 Å². The Morgan fingerprint density at radius 1 is 1.08 bits per heavy atom. The summed E-state index contributed by atoms with van der Waals surface area (Å²) in [4.78, 5) is 31.2. The molecule has 2 saturated heterocycles. The minimum atomic E-state index is -0.503. The fourth-order valence-corrected chi connectivity index (χ4v) is 4.05. The average molecular weight is 361 g/mol. The van der Waals surface area contributed by atoms with Gasteiger partial charge in [0, 0.05) is 32.1 Å². The quantitative estimate of drug-likeness (QED) is 0.827. The van der Waals surface area contributed by atoms with E-state index in [4.69, 9.17) is 0 Å². The fourth-order valence-electron chi connectivity index (χ4n) is 4.05. The van der Waals surface area contributed by atoms with Crippen LogP contribution in [0.1, 0.15) is 37.3 Å². The Balaban J connectivity index is 1.63. The number of amides is 2. The number of nitrogens with zero attached hydrogens (tertiary/aromatic N) is 3. The lowest BCUT2D eigenvalue weighted by Crippen LogP contribution is -2.47. The predicted octanol–water partition coefficient (Wildman–Crippen LogP) is 2.29. The van der Waals surface area contributed by atoms with Crippen molar-refractivity contribution in [1.82, 2.24) is 14.7 Å². The summed E-state index contributed by atoms with van der Waals surface area (Å²) in [7, 11) is 3.66. The number of halogens is 1. The molecule has 0 aromatic heterocycles. The lowest BCUT2D eigenvalue weighted by molar-refractivity contribution is -0.142. The summed E-state index contributed by atoms with van der Waals surface area (Å²) >= 11 is 0. The predicted molar refractivity (Wildman–Crippen MR) is 97.9 cm³/mol. The SMILES string of the molecule is CN(C)[C@@H](C(=O)N1CCC(C(=O)N2CCCC2)CC1)c1cccc(F)c1. The summed E-state index contributed by atoms with van der Waals surface area (Å²) < 4.78 is 13.6. The van der Waals surface area contributed by atoms with E-state index in [1.54, 1.807) is 12.1 Å². The number of likely N-dealkylation sites (tertiary alicyclic amines) is 2. The van der Waals surface area contributed by atoms with Crippen molar-refractivity contribution in [1.29, 1.82) is 0 Å². The highest BCUT2D eigenvalue weighted by Crippen LogP contribution is 2.27. The first-order valence-electron chi connectivity index (χ1n) is 9.47. The normalized spacial score (nSPS) is 19.8. The van der Waals surface area contributed by atoms with Crippen molar-refractivity contribution in [2.45, 2.75) is 31.7 Å². The Kier molecular flexibility index (Phi) is 5.91. The van der Waals surface area contributed by atoms with Gasteiger partial charge in [0.25, 0.3) is 0 Å². The molecule has 0 N–H and O–H groups in total. The zero-order valence-corrected chi connectivity index (χ0v) is 15.7. The van der Waals surface area contributed by atoms with E-state index in [1.165, 1.54) is 12.1 Å². The second-order valence-corrected chi connectivity index (χ2v) is 7.55. The largest absolute Gasteiger partial charge is 0.342 e. The molecule has 142 valence electrons. The van der Waals surface area contributed by atoms with Gasteiger partial charge >= 0.3 is 0 Å². The van der Waals surface area contributed by atoms with Crippen molar-refractivity contribution in [2.24, 2.45) is 5.92 Å². The third kappa shape index (κ3) is 4.06. The van der Waals surface area contributed by atoms with Crippen LogP contribution >= 0.6 is 0 Å². The van der Waals surface area contributed by atoms with Gasteiger partial charge in [-0.3, -0.25) is 14.5 Å². The maximum absolute atomic E-state index is 13.6. The summed E-state index contributed by atoms with van der Waals surface area (Å²) in [5.74, 6) is -0.0715. The highest BCUT2D eigenvalue weighted by molar-refractivity contribution is 5.84. The van der Waals surface area contributed by atoms with Gasteiger partial charge in [-0.25, -0.2) is 4.39 Å². The van der Waals surface area contributed by atoms with Crippen LogP contribution in [-0.2, 0) is 9.59 Å². The highest BCUT2D eigenvalue weighted by atomic mass is 19.1. The molecule has 0 bridgehead atoms. The zero-order valence-electron chi connectivity index (χ0n) is 15.7. The first kappa shape index (κ1) is 18.8. The van der Waals surface area contributed by atoms with E-state index in [2.05, 4.69) is 0 Å². The van der Waals surface area contributed by atoms with Crippen LogP contribution in [0.5, 0.6) is 0 Å². The Bertz CT molecular complexity index is 650. The maximum Gasteiger partial charge on any atom is 0.244 e. The van der Waals surface area contributed by atoms with Gasteiger partial charge in [0.15, 0.2) is 0 Å². The molecule has 2 heterocycles. The third-order valence-corrected chi connectivity index (χ3v) is 5.49. The molecule has 2 aliphatic heterocycles. The molecule has 1 aromatic rings. The molecule has 2 fully saturated rings. The van der Waals surface area contributed by atoms with Gasteiger partial charge in [0.1, 0.15) is 11.9 Å². The van der Waals surface area contributed by atoms with Crippen LogP contribution in [0, 0.1) is 11.7 Å². The maximum atomic E-state index is 13.6. The Morgan fingerprint density at radius 3 is 2.31 bits per heavy atom. The van der Waals surface area contributed by atoms with Crippen LogP contribution in [0.15, 0.2) is 24.3 Å². The first-order chi connectivity index (χ1) is 12.5. The smallest absolute Gasteiger partial charge is 0.244 e. The van der Waals surface area contributed by atoms with Crippen molar-refractivity contribution < 1.29 is 14.0 Å². The van der Waals surface area contributed by atoms with E-state index in [-0.39, 0.29) is 23.5 Å². The Morgan fingerprint density at radius 2 is 1.73 bits per heavy atom. The van der Waals surface area contributed by atoms with Gasteiger partial charge in [-0.05, 0) is 57.5 Å². The lowest BCUT2D eigenvalue weighted by Gasteiger charge is -2.36. The lowest BCUT2D eigenvalue weighted by atomic mass is 9.94. The van der Waals surface area contributed by atoms with E-state index in [1.807, 2.05) is 28.8 Å². The van der Waals surface area contributed by atoms with Crippen molar-refractivity contribution in [3.05, 3.63) is 35.6 Å². The third-order valence-electron chi connectivity index (χ3n) is 5.49. The number of piperidine rings is 1. The van der Waals surface area contributed by atoms with Gasteiger partial charge in [-0.2, -0.15) is 0 Å². The van der Waals surface area contributed by atoms with E-state index in [0.717, 1.165) is 25.9 Å². The molecule has 0 aliphatic carbocycles. The van der Waals surface area contributed by atoms with E-state index < -0.39 is 6.04 Å². The summed E-state index contributed by atoms with van der Waals surface area (Å²) in [6.07, 6.45) is 3.62. The van der Waals surface area contributed by atoms with Gasteiger partial charge in [-0.15, -0.1) is 0 Å². The first-order valence-corrected chi connectivity index (χ1v) is 9.47. The van der Waals surface area contributed by atoms with Crippen LogP contribution < -0.4 is 0 Å². The topological polar surface area (TPSA) is 43.9 Å². The van der Waals surface area contributed by atoms with Gasteiger partial charge in [0.2, 0.25) is 11.8 Å². The second kappa shape index (κ2) is 8.16. The van der Waals surface area contributed by atoms with Crippen molar-refractivity contribution in [3.8, 4) is 0 Å². The summed E-state index contributed by atoms with van der Waals surface area (Å²) in [5, 5.41) is 0. The molecule has 0 radical (unpaired) electrons. The van der Waals surface area contributed by atoms with Gasteiger partial charge < -0.3 is 9.80 Å². The van der Waals surface area contributed by atoms with Crippen LogP contribution in [-0.4, -0.2) is 66.8 Å². The monoisotopic (exact) mass is 361 g/mol. The molecular formula is C20H28FN3O2. The molecule has 2 amide bonds. The molecule has 2 aliphatic rings. The van der Waals surface area contributed by atoms with E-state index >= 15 is 0 Å². The minimum Gasteiger partial charge on any atom is -0.342 e. The van der Waals surface area contributed by atoms with Crippen LogP contribution in [0.4, 0.5) is 4.39 Å². The standard InChI is InChI=1S/C20H28FN3O2/c1-22(2)18(16-6-5-7-17(21)14-16)20(26)24-12-8-15(9-13-24)19(25)23-10-3-4-11-23/h5-7,14-15,18H,3-4,8-13H2,1-2H3/t18-/m1/s1. The van der Waals surface area contributed by atoms with Gasteiger partial charge in [-0.1, -0.05) is 12.1 Å². The second-order valence-electron chi connectivity index (χ2n) is 7.55. The number of carbonyl (C=O) groups is 2. The number of hydrogen-bond donors (Lipinski definition) is 0. The van der Waals surface area contributed by atoms with Crippen LogP contribution in [0.3, 0.4) is 0 Å². The highest BCUT2D eigenvalue weighted by Gasteiger charge is 2.34. The number of carbonyl (C=O) groups excluding carboxylic acids is 2. The summed E-state index contributed by atoms with van der Waals surface area (Å²) in [6.45, 7) is 2.92. The number of benzene rings is 1. The molecule has 26 heavy (non-hydrogen) atoms. The summed E-state index contributed by atoms with van der Waals surface area (Å²) in [5.41, 5.74) is 0.662. The average Bonchev–Trinajstić information content (AvgIpc) is 3.16. The molecular weight excluding hydrogens is 333 g/mol.